The number of nitrogens with one attached hydrogen (secondary N) is 2. The lowest BCUT2D eigenvalue weighted by molar-refractivity contribution is -0.121. The summed E-state index contributed by atoms with van der Waals surface area (Å²) >= 11 is 0. The number of para-hydroxylation sites is 2. The number of anilines is 1. The molecule has 0 radical (unpaired) electrons. The number of imidazole rings is 1. The summed E-state index contributed by atoms with van der Waals surface area (Å²) in [6.45, 7) is 0.564. The highest BCUT2D eigenvalue weighted by Gasteiger charge is 2.37. The van der Waals surface area contributed by atoms with Crippen molar-refractivity contribution in [1.29, 1.82) is 0 Å². The molecule has 2 atom stereocenters. The summed E-state index contributed by atoms with van der Waals surface area (Å²) < 4.78 is 7.50. The molecule has 1 aromatic carbocycles. The topological polar surface area (TPSA) is 84.8 Å². The van der Waals surface area contributed by atoms with Crippen molar-refractivity contribution in [2.75, 3.05) is 11.9 Å². The van der Waals surface area contributed by atoms with Crippen LogP contribution in [0.2, 0.25) is 0 Å². The molecular formula is C16H17N5O2. The molecule has 0 saturated carbocycles. The number of aromatic amines is 1. The average molecular weight is 311 g/mol. The number of rotatable bonds is 3. The number of nitrogens with zero attached hydrogens (tertiary/aromatic N) is 3. The van der Waals surface area contributed by atoms with Crippen molar-refractivity contribution in [3.63, 3.8) is 0 Å². The molecule has 23 heavy (non-hydrogen) atoms. The van der Waals surface area contributed by atoms with Gasteiger partial charge in [-0.15, -0.1) is 0 Å². The van der Waals surface area contributed by atoms with Gasteiger partial charge in [0.2, 0.25) is 11.9 Å². The summed E-state index contributed by atoms with van der Waals surface area (Å²) in [6.07, 6.45) is 2.12. The van der Waals surface area contributed by atoms with Crippen molar-refractivity contribution >= 4 is 22.9 Å². The molecule has 1 saturated heterocycles. The minimum atomic E-state index is -0.271. The smallest absolute Gasteiger partial charge is 0.232 e. The van der Waals surface area contributed by atoms with E-state index in [-0.39, 0.29) is 17.9 Å². The van der Waals surface area contributed by atoms with Crippen LogP contribution in [0, 0.1) is 5.92 Å². The van der Waals surface area contributed by atoms with Gasteiger partial charge in [0.15, 0.2) is 0 Å². The Kier molecular flexibility index (Phi) is 3.34. The lowest BCUT2D eigenvalue weighted by atomic mass is 9.98. The number of fused-ring (bicyclic) bond motifs is 1. The molecule has 7 nitrogen and oxygen atoms in total. The molecule has 0 unspecified atom stereocenters. The highest BCUT2D eigenvalue weighted by atomic mass is 16.5. The van der Waals surface area contributed by atoms with Crippen molar-refractivity contribution in [3.05, 3.63) is 42.2 Å². The fraction of sp³-hybridized carbons (Fsp3) is 0.312. The van der Waals surface area contributed by atoms with Crippen molar-refractivity contribution in [2.45, 2.75) is 12.5 Å². The van der Waals surface area contributed by atoms with E-state index in [4.69, 9.17) is 4.74 Å². The van der Waals surface area contributed by atoms with E-state index >= 15 is 0 Å². The largest absolute Gasteiger partial charge is 0.371 e. The average Bonchev–Trinajstić information content (AvgIpc) is 3.24. The molecular weight excluding hydrogens is 294 g/mol. The van der Waals surface area contributed by atoms with E-state index < -0.39 is 0 Å². The van der Waals surface area contributed by atoms with E-state index in [0.29, 0.717) is 19.0 Å². The lowest BCUT2D eigenvalue weighted by Gasteiger charge is -2.17. The summed E-state index contributed by atoms with van der Waals surface area (Å²) in [5.41, 5.74) is 2.63. The number of benzene rings is 1. The van der Waals surface area contributed by atoms with Gasteiger partial charge >= 0.3 is 0 Å². The van der Waals surface area contributed by atoms with Crippen LogP contribution in [0.1, 0.15) is 18.2 Å². The van der Waals surface area contributed by atoms with Gasteiger partial charge in [-0.25, -0.2) is 4.98 Å². The van der Waals surface area contributed by atoms with Crippen molar-refractivity contribution in [2.24, 2.45) is 13.0 Å². The zero-order valence-corrected chi connectivity index (χ0v) is 12.7. The first-order chi connectivity index (χ1) is 11.2. The Morgan fingerprint density at radius 3 is 3.04 bits per heavy atom. The van der Waals surface area contributed by atoms with Crippen LogP contribution in [-0.4, -0.2) is 32.3 Å². The second-order valence-corrected chi connectivity index (χ2v) is 5.66. The number of H-pyrrole nitrogens is 1. The maximum absolute atomic E-state index is 12.6. The molecule has 0 bridgehead atoms. The van der Waals surface area contributed by atoms with E-state index in [2.05, 4.69) is 20.4 Å². The summed E-state index contributed by atoms with van der Waals surface area (Å²) in [4.78, 5) is 20.1. The molecule has 0 spiro atoms. The molecule has 1 fully saturated rings. The minimum Gasteiger partial charge on any atom is -0.371 e. The summed E-state index contributed by atoms with van der Waals surface area (Å²) in [7, 11) is 1.85. The van der Waals surface area contributed by atoms with Gasteiger partial charge < -0.3 is 9.72 Å². The van der Waals surface area contributed by atoms with E-state index in [1.807, 2.05) is 37.4 Å². The Labute approximate surface area is 132 Å². The molecule has 2 N–H and O–H groups in total. The molecule has 118 valence electrons. The third-order valence-corrected chi connectivity index (χ3v) is 4.21. The zero-order chi connectivity index (χ0) is 15.8. The third kappa shape index (κ3) is 2.49. The van der Waals surface area contributed by atoms with E-state index in [0.717, 1.165) is 16.7 Å². The first-order valence-corrected chi connectivity index (χ1v) is 7.57. The maximum Gasteiger partial charge on any atom is 0.232 e. The zero-order valence-electron chi connectivity index (χ0n) is 12.7. The van der Waals surface area contributed by atoms with Crippen LogP contribution in [0.4, 0.5) is 5.95 Å². The van der Waals surface area contributed by atoms with Crippen molar-refractivity contribution in [1.82, 2.24) is 19.7 Å². The monoisotopic (exact) mass is 311 g/mol. The van der Waals surface area contributed by atoms with Crippen molar-refractivity contribution in [3.8, 4) is 0 Å². The van der Waals surface area contributed by atoms with Gasteiger partial charge in [-0.1, -0.05) is 12.1 Å². The second kappa shape index (κ2) is 5.51. The van der Waals surface area contributed by atoms with Gasteiger partial charge in [-0.05, 0) is 24.6 Å². The van der Waals surface area contributed by atoms with Crippen LogP contribution in [0.3, 0.4) is 0 Å². The van der Waals surface area contributed by atoms with Crippen LogP contribution in [0.5, 0.6) is 0 Å². The Bertz CT molecular complexity index is 820. The van der Waals surface area contributed by atoms with Gasteiger partial charge in [0, 0.05) is 19.9 Å². The maximum atomic E-state index is 12.6. The van der Waals surface area contributed by atoms with Gasteiger partial charge in [0.25, 0.3) is 0 Å². The lowest BCUT2D eigenvalue weighted by Crippen LogP contribution is -2.26. The number of aromatic nitrogens is 4. The molecule has 3 heterocycles. The van der Waals surface area contributed by atoms with Crippen LogP contribution in [-0.2, 0) is 16.6 Å². The predicted octanol–water partition coefficient (Wildman–Crippen LogP) is 2.01. The number of hydrogen-bond donors (Lipinski definition) is 2. The van der Waals surface area contributed by atoms with Crippen molar-refractivity contribution < 1.29 is 9.53 Å². The van der Waals surface area contributed by atoms with E-state index in [1.165, 1.54) is 0 Å². The molecule has 1 aliphatic rings. The van der Waals surface area contributed by atoms with Crippen LogP contribution in [0.15, 0.2) is 36.5 Å². The Morgan fingerprint density at radius 1 is 1.39 bits per heavy atom. The quantitative estimate of drug-likeness (QED) is 0.775. The molecule has 1 amide bonds. The molecule has 3 aromatic rings. The van der Waals surface area contributed by atoms with E-state index in [9.17, 15) is 4.79 Å². The first kappa shape index (κ1) is 14.0. The van der Waals surface area contributed by atoms with Crippen LogP contribution < -0.4 is 5.32 Å². The Morgan fingerprint density at radius 2 is 2.26 bits per heavy atom. The molecule has 4 rings (SSSR count). The number of ether oxygens (including phenoxy) is 1. The number of amides is 1. The fourth-order valence-electron chi connectivity index (χ4n) is 3.03. The normalized spacial score (nSPS) is 20.9. The van der Waals surface area contributed by atoms with E-state index in [1.54, 1.807) is 10.9 Å². The van der Waals surface area contributed by atoms with Gasteiger partial charge in [-0.3, -0.25) is 14.8 Å². The number of carbonyl (C=O) groups excluding carboxylic acids is 1. The summed E-state index contributed by atoms with van der Waals surface area (Å²) in [6, 6.07) is 9.55. The molecule has 2 aromatic heterocycles. The number of aryl methyl sites for hydroxylation is 1. The first-order valence-electron chi connectivity index (χ1n) is 7.57. The van der Waals surface area contributed by atoms with Gasteiger partial charge in [-0.2, -0.15) is 5.10 Å². The van der Waals surface area contributed by atoms with Crippen LogP contribution >= 0.6 is 0 Å². The van der Waals surface area contributed by atoms with Gasteiger partial charge in [0.1, 0.15) is 6.10 Å². The molecule has 1 aliphatic heterocycles. The Balaban J connectivity index is 1.55. The number of carbonyl (C=O) groups is 1. The highest BCUT2D eigenvalue weighted by molar-refractivity contribution is 5.93. The predicted molar refractivity (Wildman–Crippen MR) is 84.7 cm³/mol. The Hall–Kier alpha value is -2.67. The molecule has 7 heteroatoms. The second-order valence-electron chi connectivity index (χ2n) is 5.66. The SMILES string of the molecule is Cn1nccc1[C@@H]1OCC[C@H]1C(=O)Nc1nc2ccccc2[nH]1. The molecule has 0 aliphatic carbocycles. The number of hydrogen-bond acceptors (Lipinski definition) is 4. The summed E-state index contributed by atoms with van der Waals surface area (Å²) in [5.74, 6) is 0.123. The minimum absolute atomic E-state index is 0.0900. The fourth-order valence-corrected chi connectivity index (χ4v) is 3.03. The summed E-state index contributed by atoms with van der Waals surface area (Å²) in [5, 5.41) is 7.02. The standard InChI is InChI=1S/C16H17N5O2/c1-21-13(6-8-17-21)14-10(7-9-23-14)15(22)20-16-18-11-4-2-3-5-12(11)19-16/h2-6,8,10,14H,7,9H2,1H3,(H2,18,19,20,22)/t10-,14-/m1/s1. The van der Waals surface area contributed by atoms with Crippen LogP contribution in [0.25, 0.3) is 11.0 Å². The third-order valence-electron chi connectivity index (χ3n) is 4.21. The highest BCUT2D eigenvalue weighted by Crippen LogP contribution is 2.34. The van der Waals surface area contributed by atoms with Gasteiger partial charge in [0.05, 0.1) is 22.6 Å².